The van der Waals surface area contributed by atoms with Gasteiger partial charge in [0.2, 0.25) is 5.91 Å². The quantitative estimate of drug-likeness (QED) is 0.689. The zero-order valence-electron chi connectivity index (χ0n) is 17.3. The van der Waals surface area contributed by atoms with Gasteiger partial charge in [0.25, 0.3) is 0 Å². The van der Waals surface area contributed by atoms with Crippen molar-refractivity contribution >= 4 is 17.3 Å². The summed E-state index contributed by atoms with van der Waals surface area (Å²) in [7, 11) is 0. The average molecular weight is 388 g/mol. The Morgan fingerprint density at radius 2 is 2.00 bits per heavy atom. The second-order valence-corrected chi connectivity index (χ2v) is 8.30. The maximum atomic E-state index is 11.4. The average Bonchev–Trinajstić information content (AvgIpc) is 3.00. The number of hydrogen-bond donors (Lipinski definition) is 2. The van der Waals surface area contributed by atoms with Crippen LogP contribution >= 0.6 is 0 Å². The van der Waals surface area contributed by atoms with Crippen LogP contribution in [-0.2, 0) is 11.3 Å². The van der Waals surface area contributed by atoms with E-state index in [4.69, 9.17) is 10.4 Å². The van der Waals surface area contributed by atoms with Gasteiger partial charge in [0.15, 0.2) is 0 Å². The second-order valence-electron chi connectivity index (χ2n) is 8.30. The summed E-state index contributed by atoms with van der Waals surface area (Å²) in [5.41, 5.74) is 8.39. The first-order valence-electron chi connectivity index (χ1n) is 10.7. The summed E-state index contributed by atoms with van der Waals surface area (Å²) in [4.78, 5) is 16.3. The number of aliphatic imine (C=N–C) groups is 1. The Morgan fingerprint density at radius 1 is 1.21 bits per heavy atom. The Bertz CT molecular complexity index is 972. The highest BCUT2D eigenvalue weighted by molar-refractivity contribution is 6.22. The molecule has 0 bridgehead atoms. The molecule has 2 aliphatic carbocycles. The molecule has 1 aromatic carbocycles. The molecule has 0 spiro atoms. The highest BCUT2D eigenvalue weighted by atomic mass is 16.1. The van der Waals surface area contributed by atoms with Gasteiger partial charge in [-0.25, -0.2) is 0 Å². The number of nitrogens with zero attached hydrogens (tertiary/aromatic N) is 1. The molecule has 0 saturated heterocycles. The van der Waals surface area contributed by atoms with Gasteiger partial charge < -0.3 is 10.7 Å². The number of benzene rings is 1. The molecule has 0 unspecified atom stereocenters. The number of nitrogens with one attached hydrogen (secondary N) is 2. The number of carbonyl (C=O) groups is 1. The molecule has 0 atom stereocenters. The van der Waals surface area contributed by atoms with E-state index in [0.29, 0.717) is 18.9 Å². The summed E-state index contributed by atoms with van der Waals surface area (Å²) in [5, 5.41) is 11.9. The van der Waals surface area contributed by atoms with Crippen LogP contribution in [0.25, 0.3) is 0 Å². The molecule has 1 saturated carbocycles. The number of hydrogen-bond acceptors (Lipinski definition) is 3. The molecule has 0 aromatic heterocycles. The fraction of sp³-hybridized carbons (Fsp3) is 0.400. The summed E-state index contributed by atoms with van der Waals surface area (Å²) in [6.45, 7) is 4.33. The van der Waals surface area contributed by atoms with E-state index in [2.05, 4.69) is 36.5 Å². The molecule has 150 valence electrons. The Balaban J connectivity index is 1.68. The third-order valence-electron chi connectivity index (χ3n) is 6.15. The van der Waals surface area contributed by atoms with E-state index < -0.39 is 0 Å². The molecular formula is C25H29N3O. The Morgan fingerprint density at radius 3 is 2.76 bits per heavy atom. The molecule has 1 aromatic rings. The Kier molecular flexibility index (Phi) is 5.61. The first kappa shape index (κ1) is 19.6. The van der Waals surface area contributed by atoms with Crippen molar-refractivity contribution in [2.45, 2.75) is 58.9 Å². The van der Waals surface area contributed by atoms with Gasteiger partial charge >= 0.3 is 0 Å². The number of carbonyl (C=O) groups excluding carboxylic acids is 1. The number of rotatable bonds is 4. The molecule has 4 heteroatoms. The molecule has 2 N–H and O–H groups in total. The van der Waals surface area contributed by atoms with Crippen molar-refractivity contribution in [3.8, 4) is 0 Å². The largest absolute Gasteiger partial charge is 0.330 e. The van der Waals surface area contributed by atoms with E-state index >= 15 is 0 Å². The monoisotopic (exact) mass is 387 g/mol. The van der Waals surface area contributed by atoms with Gasteiger partial charge in [-0.3, -0.25) is 9.79 Å². The molecular weight excluding hydrogens is 358 g/mol. The van der Waals surface area contributed by atoms with Crippen LogP contribution in [0, 0.1) is 18.3 Å². The Hall–Kier alpha value is -2.75. The van der Waals surface area contributed by atoms with Crippen LogP contribution in [0.1, 0.15) is 67.7 Å². The number of amides is 1. The lowest BCUT2D eigenvalue weighted by atomic mass is 9.79. The van der Waals surface area contributed by atoms with E-state index in [1.165, 1.54) is 37.3 Å². The van der Waals surface area contributed by atoms with Gasteiger partial charge in [0, 0.05) is 41.8 Å². The number of fused-ring (bicyclic) bond motifs is 1. The molecule has 1 amide bonds. The summed E-state index contributed by atoms with van der Waals surface area (Å²) in [6, 6.07) is 4.32. The molecule has 29 heavy (non-hydrogen) atoms. The van der Waals surface area contributed by atoms with E-state index in [1.807, 2.05) is 12.2 Å². The van der Waals surface area contributed by atoms with Crippen LogP contribution < -0.4 is 5.32 Å². The van der Waals surface area contributed by atoms with Crippen LogP contribution in [-0.4, -0.2) is 17.3 Å². The van der Waals surface area contributed by atoms with E-state index in [9.17, 15) is 4.79 Å². The van der Waals surface area contributed by atoms with Gasteiger partial charge in [-0.15, -0.1) is 0 Å². The zero-order chi connectivity index (χ0) is 20.4. The minimum absolute atomic E-state index is 0.0520. The lowest BCUT2D eigenvalue weighted by Gasteiger charge is -2.25. The van der Waals surface area contributed by atoms with Crippen molar-refractivity contribution in [1.82, 2.24) is 5.32 Å². The molecule has 3 aliphatic rings. The Labute approximate surface area is 173 Å². The molecule has 1 aliphatic heterocycles. The van der Waals surface area contributed by atoms with Crippen molar-refractivity contribution < 1.29 is 4.79 Å². The maximum Gasteiger partial charge on any atom is 0.221 e. The highest BCUT2D eigenvalue weighted by Crippen LogP contribution is 2.34. The van der Waals surface area contributed by atoms with Gasteiger partial charge in [-0.05, 0) is 42.5 Å². The number of allylic oxidation sites excluding steroid dienone is 5. The smallest absolute Gasteiger partial charge is 0.221 e. The minimum Gasteiger partial charge on any atom is -0.330 e. The first-order chi connectivity index (χ1) is 14.0. The number of aryl methyl sites for hydroxylation is 1. The lowest BCUT2D eigenvalue weighted by Crippen LogP contribution is -2.22. The van der Waals surface area contributed by atoms with Crippen LogP contribution in [0.15, 0.2) is 52.7 Å². The van der Waals surface area contributed by atoms with E-state index in [0.717, 1.165) is 46.7 Å². The van der Waals surface area contributed by atoms with Crippen LogP contribution in [0.2, 0.25) is 0 Å². The van der Waals surface area contributed by atoms with Crippen LogP contribution in [0.3, 0.4) is 0 Å². The maximum absolute atomic E-state index is 11.4. The summed E-state index contributed by atoms with van der Waals surface area (Å²) in [6.07, 6.45) is 14.8. The van der Waals surface area contributed by atoms with Gasteiger partial charge in [-0.1, -0.05) is 49.6 Å². The van der Waals surface area contributed by atoms with Crippen molar-refractivity contribution in [2.24, 2.45) is 10.9 Å². The third kappa shape index (κ3) is 4.02. The molecule has 4 rings (SSSR count). The highest BCUT2D eigenvalue weighted by Gasteiger charge is 2.28. The molecule has 4 nitrogen and oxygen atoms in total. The second kappa shape index (κ2) is 8.32. The predicted molar refractivity (Wildman–Crippen MR) is 119 cm³/mol. The zero-order valence-corrected chi connectivity index (χ0v) is 17.3. The van der Waals surface area contributed by atoms with E-state index in [1.54, 1.807) is 0 Å². The van der Waals surface area contributed by atoms with Crippen LogP contribution in [0.5, 0.6) is 0 Å². The standard InChI is InChI=1S/C25H29N3O/c1-16-11-12-20-15-27-25(19-9-6-10-21(14-13-19)28-17(2)29)23(20)22(16)24(26)18-7-4-3-5-8-18/h6,9-13,18,26H,3-5,7-8,14-15H2,1-2H3,(H,28,29). The summed E-state index contributed by atoms with van der Waals surface area (Å²) < 4.78 is 0. The van der Waals surface area contributed by atoms with E-state index in [-0.39, 0.29) is 5.91 Å². The first-order valence-corrected chi connectivity index (χ1v) is 10.7. The minimum atomic E-state index is -0.0520. The SMILES string of the molecule is CC(=O)NC1=CC=CC(C2=NCc3ccc(C)c(C(=N)C4CCCCC4)c32)=CC1. The lowest BCUT2D eigenvalue weighted by molar-refractivity contribution is -0.118. The van der Waals surface area contributed by atoms with Crippen molar-refractivity contribution in [3.05, 3.63) is 70.0 Å². The third-order valence-corrected chi connectivity index (χ3v) is 6.15. The molecule has 1 fully saturated rings. The topological polar surface area (TPSA) is 65.3 Å². The summed E-state index contributed by atoms with van der Waals surface area (Å²) in [5.74, 6) is 0.311. The van der Waals surface area contributed by atoms with Crippen molar-refractivity contribution in [1.29, 1.82) is 5.41 Å². The molecule has 1 heterocycles. The van der Waals surface area contributed by atoms with Gasteiger partial charge in [0.1, 0.15) is 0 Å². The molecule has 0 radical (unpaired) electrons. The fourth-order valence-electron chi connectivity index (χ4n) is 4.69. The van der Waals surface area contributed by atoms with Gasteiger partial charge in [0.05, 0.1) is 12.3 Å². The van der Waals surface area contributed by atoms with Gasteiger partial charge in [-0.2, -0.15) is 0 Å². The van der Waals surface area contributed by atoms with Crippen molar-refractivity contribution in [2.75, 3.05) is 0 Å². The fourth-order valence-corrected chi connectivity index (χ4v) is 4.69. The predicted octanol–water partition coefficient (Wildman–Crippen LogP) is 5.15. The normalized spacial score (nSPS) is 19.0. The van der Waals surface area contributed by atoms with Crippen molar-refractivity contribution in [3.63, 3.8) is 0 Å². The van der Waals surface area contributed by atoms with Crippen LogP contribution in [0.4, 0.5) is 0 Å². The summed E-state index contributed by atoms with van der Waals surface area (Å²) >= 11 is 0.